The number of hydrogen-bond acceptors (Lipinski definition) is 2. The monoisotopic (exact) mass is 338 g/mol. The van der Waals surface area contributed by atoms with Crippen LogP contribution in [0.15, 0.2) is 72.3 Å². The first kappa shape index (κ1) is 18.2. The number of ether oxygens (including phenoxy) is 1. The fourth-order valence-electron chi connectivity index (χ4n) is 2.88. The van der Waals surface area contributed by atoms with Crippen molar-refractivity contribution in [2.24, 2.45) is 0 Å². The molecule has 126 valence electrons. The molecule has 0 saturated heterocycles. The van der Waals surface area contributed by atoms with Gasteiger partial charge in [-0.3, -0.25) is 0 Å². The summed E-state index contributed by atoms with van der Waals surface area (Å²) in [7, 11) is -0.257. The number of allylic oxidation sites excluding steroid dienone is 1. The van der Waals surface area contributed by atoms with Crippen molar-refractivity contribution >= 4 is 19.2 Å². The minimum absolute atomic E-state index is 0.195. The van der Waals surface area contributed by atoms with E-state index in [1.807, 2.05) is 24.3 Å². The maximum atomic E-state index is 12.2. The Bertz CT molecular complexity index is 675. The van der Waals surface area contributed by atoms with E-state index >= 15 is 0 Å². The zero-order valence-electron chi connectivity index (χ0n) is 14.8. The Morgan fingerprint density at radius 3 is 2.17 bits per heavy atom. The van der Waals surface area contributed by atoms with Gasteiger partial charge in [-0.25, -0.2) is 4.79 Å². The molecule has 0 heterocycles. The Morgan fingerprint density at radius 1 is 1.00 bits per heavy atom. The number of rotatable bonds is 7. The first-order valence-electron chi connectivity index (χ1n) is 8.40. The third-order valence-electron chi connectivity index (χ3n) is 4.30. The molecule has 3 heteroatoms. The van der Waals surface area contributed by atoms with Gasteiger partial charge in [-0.1, -0.05) is 85.0 Å². The Hall–Kier alpha value is -2.13. The Balaban J connectivity index is 2.10. The van der Waals surface area contributed by atoms with Crippen LogP contribution >= 0.6 is 0 Å². The minimum Gasteiger partial charge on any atom is -0.466 e. The second kappa shape index (κ2) is 8.64. The molecule has 24 heavy (non-hydrogen) atoms. The summed E-state index contributed by atoms with van der Waals surface area (Å²) in [6.45, 7) is 4.60. The average molecular weight is 339 g/mol. The Morgan fingerprint density at radius 2 is 1.58 bits per heavy atom. The molecule has 0 atom stereocenters. The van der Waals surface area contributed by atoms with E-state index in [2.05, 4.69) is 55.6 Å². The highest BCUT2D eigenvalue weighted by Crippen LogP contribution is 2.19. The van der Waals surface area contributed by atoms with Gasteiger partial charge in [0, 0.05) is 5.57 Å². The lowest BCUT2D eigenvalue weighted by molar-refractivity contribution is -0.136. The van der Waals surface area contributed by atoms with E-state index in [1.165, 1.54) is 17.9 Å². The Kier molecular flexibility index (Phi) is 6.56. The summed E-state index contributed by atoms with van der Waals surface area (Å²) in [5.41, 5.74) is 2.10. The molecular formula is C21H26O2Si. The van der Waals surface area contributed by atoms with Crippen molar-refractivity contribution in [1.82, 2.24) is 0 Å². The second-order valence-electron chi connectivity index (χ2n) is 6.67. The van der Waals surface area contributed by atoms with Gasteiger partial charge in [-0.2, -0.15) is 0 Å². The van der Waals surface area contributed by atoms with Crippen molar-refractivity contribution in [2.45, 2.75) is 32.0 Å². The van der Waals surface area contributed by atoms with Gasteiger partial charge >= 0.3 is 5.97 Å². The van der Waals surface area contributed by atoms with Crippen molar-refractivity contribution in [1.29, 1.82) is 0 Å². The zero-order valence-corrected chi connectivity index (χ0v) is 15.8. The normalized spacial score (nSPS) is 12.0. The summed E-state index contributed by atoms with van der Waals surface area (Å²) in [6.07, 6.45) is 3.86. The van der Waals surface area contributed by atoms with Crippen molar-refractivity contribution in [3.05, 3.63) is 77.9 Å². The molecule has 0 unspecified atom stereocenters. The van der Waals surface area contributed by atoms with E-state index in [-0.39, 0.29) is 5.97 Å². The van der Waals surface area contributed by atoms with Crippen LogP contribution in [0.25, 0.3) is 0 Å². The number of carbonyl (C=O) groups is 1. The molecule has 0 aliphatic rings. The highest BCUT2D eigenvalue weighted by atomic mass is 28.3. The molecule has 2 nitrogen and oxygen atoms in total. The van der Waals surface area contributed by atoms with Gasteiger partial charge < -0.3 is 4.74 Å². The van der Waals surface area contributed by atoms with Gasteiger partial charge in [0.1, 0.15) is 0 Å². The van der Waals surface area contributed by atoms with Crippen LogP contribution in [0.2, 0.25) is 19.1 Å². The largest absolute Gasteiger partial charge is 0.466 e. The first-order valence-corrected chi connectivity index (χ1v) is 11.6. The van der Waals surface area contributed by atoms with Gasteiger partial charge in [0.2, 0.25) is 0 Å². The molecular weight excluding hydrogens is 312 g/mol. The summed E-state index contributed by atoms with van der Waals surface area (Å²) < 4.78 is 5.01. The summed E-state index contributed by atoms with van der Waals surface area (Å²) in [4.78, 5) is 12.2. The van der Waals surface area contributed by atoms with Gasteiger partial charge in [0.05, 0.1) is 15.2 Å². The molecule has 0 bridgehead atoms. The predicted octanol–water partition coefficient (Wildman–Crippen LogP) is 4.33. The lowest BCUT2D eigenvalue weighted by Crippen LogP contribution is -2.42. The maximum Gasteiger partial charge on any atom is 0.333 e. The number of methoxy groups -OCH3 is 1. The van der Waals surface area contributed by atoms with Crippen molar-refractivity contribution < 1.29 is 9.53 Å². The second-order valence-corrected chi connectivity index (χ2v) is 11.4. The number of benzene rings is 2. The Labute approximate surface area is 146 Å². The molecule has 0 N–H and O–H groups in total. The van der Waals surface area contributed by atoms with E-state index in [0.717, 1.165) is 24.5 Å². The SMILES string of the molecule is COC(=O)/C(=C/CCc1ccccc1)C[Si](C)(C)c1ccccc1. The molecule has 0 radical (unpaired) electrons. The fraction of sp³-hybridized carbons (Fsp3) is 0.286. The molecule has 2 aromatic rings. The number of esters is 1. The van der Waals surface area contributed by atoms with Crippen LogP contribution in [0.3, 0.4) is 0 Å². The summed E-state index contributed by atoms with van der Waals surface area (Å²) in [5.74, 6) is -0.195. The highest BCUT2D eigenvalue weighted by molar-refractivity contribution is 6.90. The summed E-state index contributed by atoms with van der Waals surface area (Å²) in [5, 5.41) is 1.36. The van der Waals surface area contributed by atoms with E-state index in [9.17, 15) is 4.79 Å². The molecule has 0 aliphatic heterocycles. The summed E-state index contributed by atoms with van der Waals surface area (Å²) >= 11 is 0. The lowest BCUT2D eigenvalue weighted by atomic mass is 10.1. The number of hydrogen-bond donors (Lipinski definition) is 0. The van der Waals surface area contributed by atoms with Crippen molar-refractivity contribution in [2.75, 3.05) is 7.11 Å². The minimum atomic E-state index is -1.72. The molecule has 0 fully saturated rings. The fourth-order valence-corrected chi connectivity index (χ4v) is 5.42. The zero-order chi connectivity index (χ0) is 17.4. The van der Waals surface area contributed by atoms with E-state index in [1.54, 1.807) is 0 Å². The molecule has 2 rings (SSSR count). The third kappa shape index (κ3) is 5.20. The molecule has 0 aromatic heterocycles. The van der Waals surface area contributed by atoms with E-state index < -0.39 is 8.07 Å². The van der Waals surface area contributed by atoms with Gasteiger partial charge in [-0.15, -0.1) is 0 Å². The molecule has 0 spiro atoms. The highest BCUT2D eigenvalue weighted by Gasteiger charge is 2.27. The lowest BCUT2D eigenvalue weighted by Gasteiger charge is -2.23. The third-order valence-corrected chi connectivity index (χ3v) is 7.46. The van der Waals surface area contributed by atoms with Crippen molar-refractivity contribution in [3.8, 4) is 0 Å². The van der Waals surface area contributed by atoms with E-state index in [4.69, 9.17) is 4.74 Å². The average Bonchev–Trinajstić information content (AvgIpc) is 2.62. The van der Waals surface area contributed by atoms with Crippen LogP contribution in [0, 0.1) is 0 Å². The molecule has 0 amide bonds. The molecule has 2 aromatic carbocycles. The topological polar surface area (TPSA) is 26.3 Å². The van der Waals surface area contributed by atoms with Gasteiger partial charge in [-0.05, 0) is 24.4 Å². The van der Waals surface area contributed by atoms with Crippen LogP contribution in [-0.4, -0.2) is 21.2 Å². The van der Waals surface area contributed by atoms with Crippen LogP contribution < -0.4 is 5.19 Å². The summed E-state index contributed by atoms with van der Waals surface area (Å²) in [6, 6.07) is 21.7. The quantitative estimate of drug-likeness (QED) is 0.426. The van der Waals surface area contributed by atoms with Crippen LogP contribution in [0.1, 0.15) is 12.0 Å². The van der Waals surface area contributed by atoms with Gasteiger partial charge in [0.15, 0.2) is 0 Å². The smallest absolute Gasteiger partial charge is 0.333 e. The number of aryl methyl sites for hydroxylation is 1. The van der Waals surface area contributed by atoms with E-state index in [0.29, 0.717) is 0 Å². The van der Waals surface area contributed by atoms with Gasteiger partial charge in [0.25, 0.3) is 0 Å². The standard InChI is InChI=1S/C21H26O2Si/c1-23-21(22)19(14-10-13-18-11-6-4-7-12-18)17-24(2,3)20-15-8-5-9-16-20/h4-9,11-12,14-16H,10,13,17H2,1-3H3/b19-14+. The van der Waals surface area contributed by atoms with Crippen LogP contribution in [-0.2, 0) is 16.0 Å². The maximum absolute atomic E-state index is 12.2. The van der Waals surface area contributed by atoms with Crippen LogP contribution in [0.4, 0.5) is 0 Å². The number of carbonyl (C=O) groups excluding carboxylic acids is 1. The van der Waals surface area contributed by atoms with Crippen molar-refractivity contribution in [3.63, 3.8) is 0 Å². The molecule has 0 saturated carbocycles. The first-order chi connectivity index (χ1) is 11.5. The van der Waals surface area contributed by atoms with Crippen LogP contribution in [0.5, 0.6) is 0 Å². The predicted molar refractivity (Wildman–Crippen MR) is 103 cm³/mol. The molecule has 0 aliphatic carbocycles.